The zero-order chi connectivity index (χ0) is 15.1. The second kappa shape index (κ2) is 8.22. The lowest BCUT2D eigenvalue weighted by molar-refractivity contribution is -0.121. The van der Waals surface area contributed by atoms with Gasteiger partial charge in [0.2, 0.25) is 5.91 Å². The van der Waals surface area contributed by atoms with Gasteiger partial charge < -0.3 is 20.1 Å². The van der Waals surface area contributed by atoms with Gasteiger partial charge in [-0.25, -0.2) is 0 Å². The Labute approximate surface area is 130 Å². The third kappa shape index (κ3) is 4.88. The normalized spacial score (nSPS) is 15.7. The van der Waals surface area contributed by atoms with Crippen LogP contribution >= 0.6 is 11.6 Å². The third-order valence-corrected chi connectivity index (χ3v) is 3.82. The van der Waals surface area contributed by atoms with Crippen molar-refractivity contribution >= 4 is 17.5 Å². The van der Waals surface area contributed by atoms with E-state index in [0.717, 1.165) is 37.4 Å². The smallest absolute Gasteiger partial charge is 0.234 e. The molecule has 116 valence electrons. The highest BCUT2D eigenvalue weighted by atomic mass is 35.5. The molecule has 0 atom stereocenters. The van der Waals surface area contributed by atoms with Crippen molar-refractivity contribution in [3.8, 4) is 5.75 Å². The molecular weight excluding hydrogens is 292 g/mol. The van der Waals surface area contributed by atoms with E-state index < -0.39 is 0 Å². The second-order valence-corrected chi connectivity index (χ2v) is 5.39. The van der Waals surface area contributed by atoms with Gasteiger partial charge in [0.25, 0.3) is 0 Å². The summed E-state index contributed by atoms with van der Waals surface area (Å²) >= 11 is 6.14. The molecule has 5 nitrogen and oxygen atoms in total. The molecule has 0 spiro atoms. The first kappa shape index (κ1) is 16.1. The SMILES string of the molecule is COc1cccc(Cl)c1CNCC(=O)NC1CCOCC1. The Hall–Kier alpha value is -1.30. The predicted octanol–water partition coefficient (Wildman–Crippen LogP) is 1.73. The monoisotopic (exact) mass is 312 g/mol. The molecule has 6 heteroatoms. The fourth-order valence-electron chi connectivity index (χ4n) is 2.32. The van der Waals surface area contributed by atoms with Crippen LogP contribution in [0.15, 0.2) is 18.2 Å². The summed E-state index contributed by atoms with van der Waals surface area (Å²) in [5, 5.41) is 6.73. The van der Waals surface area contributed by atoms with Gasteiger partial charge in [0.05, 0.1) is 13.7 Å². The maximum Gasteiger partial charge on any atom is 0.234 e. The van der Waals surface area contributed by atoms with Crippen molar-refractivity contribution in [2.24, 2.45) is 0 Å². The zero-order valence-corrected chi connectivity index (χ0v) is 12.9. The Balaban J connectivity index is 1.77. The van der Waals surface area contributed by atoms with Crippen molar-refractivity contribution in [3.63, 3.8) is 0 Å². The van der Waals surface area contributed by atoms with Crippen LogP contribution in [0.4, 0.5) is 0 Å². The van der Waals surface area contributed by atoms with Gasteiger partial charge in [0, 0.05) is 36.4 Å². The molecule has 1 aromatic rings. The van der Waals surface area contributed by atoms with Gasteiger partial charge in [0.15, 0.2) is 0 Å². The minimum absolute atomic E-state index is 0.00656. The number of hydrogen-bond acceptors (Lipinski definition) is 4. The number of rotatable bonds is 6. The molecule has 0 saturated carbocycles. The van der Waals surface area contributed by atoms with E-state index >= 15 is 0 Å². The van der Waals surface area contributed by atoms with Crippen molar-refractivity contribution in [1.29, 1.82) is 0 Å². The summed E-state index contributed by atoms with van der Waals surface area (Å²) in [6.45, 7) is 2.18. The molecule has 1 saturated heterocycles. The molecule has 0 radical (unpaired) electrons. The van der Waals surface area contributed by atoms with Gasteiger partial charge in [-0.05, 0) is 25.0 Å². The second-order valence-electron chi connectivity index (χ2n) is 4.98. The lowest BCUT2D eigenvalue weighted by Crippen LogP contribution is -2.42. The summed E-state index contributed by atoms with van der Waals surface area (Å²) in [7, 11) is 1.60. The van der Waals surface area contributed by atoms with E-state index in [4.69, 9.17) is 21.1 Å². The number of amides is 1. The van der Waals surface area contributed by atoms with Crippen molar-refractivity contribution in [2.45, 2.75) is 25.4 Å². The fraction of sp³-hybridized carbons (Fsp3) is 0.533. The Morgan fingerprint density at radius 1 is 1.43 bits per heavy atom. The first-order chi connectivity index (χ1) is 10.2. The van der Waals surface area contributed by atoms with Gasteiger partial charge in [-0.2, -0.15) is 0 Å². The first-order valence-electron chi connectivity index (χ1n) is 7.10. The molecule has 2 rings (SSSR count). The predicted molar refractivity (Wildman–Crippen MR) is 81.7 cm³/mol. The van der Waals surface area contributed by atoms with Crippen LogP contribution in [0.3, 0.4) is 0 Å². The average molecular weight is 313 g/mol. The maximum absolute atomic E-state index is 11.9. The van der Waals surface area contributed by atoms with Crippen LogP contribution in [0.2, 0.25) is 5.02 Å². The van der Waals surface area contributed by atoms with Crippen LogP contribution in [0, 0.1) is 0 Å². The largest absolute Gasteiger partial charge is 0.496 e. The van der Waals surface area contributed by atoms with Crippen molar-refractivity contribution < 1.29 is 14.3 Å². The number of carbonyl (C=O) groups excluding carboxylic acids is 1. The molecule has 21 heavy (non-hydrogen) atoms. The molecule has 0 bridgehead atoms. The number of carbonyl (C=O) groups is 1. The van der Waals surface area contributed by atoms with E-state index in [-0.39, 0.29) is 18.5 Å². The minimum Gasteiger partial charge on any atom is -0.496 e. The van der Waals surface area contributed by atoms with Crippen LogP contribution in [0.25, 0.3) is 0 Å². The average Bonchev–Trinajstić information content (AvgIpc) is 2.49. The molecule has 1 fully saturated rings. The quantitative estimate of drug-likeness (QED) is 0.840. The molecule has 2 N–H and O–H groups in total. The van der Waals surface area contributed by atoms with Crippen LogP contribution in [-0.2, 0) is 16.1 Å². The van der Waals surface area contributed by atoms with E-state index in [9.17, 15) is 4.79 Å². The molecule has 1 aliphatic rings. The number of ether oxygens (including phenoxy) is 2. The van der Waals surface area contributed by atoms with Crippen molar-refractivity contribution in [2.75, 3.05) is 26.9 Å². The summed E-state index contributed by atoms with van der Waals surface area (Å²) < 4.78 is 10.5. The van der Waals surface area contributed by atoms with E-state index in [0.29, 0.717) is 11.6 Å². The van der Waals surface area contributed by atoms with Gasteiger partial charge in [-0.15, -0.1) is 0 Å². The molecule has 0 unspecified atom stereocenters. The van der Waals surface area contributed by atoms with Gasteiger partial charge in [-0.3, -0.25) is 4.79 Å². The standard InChI is InChI=1S/C15H21ClN2O3/c1-20-14-4-2-3-13(16)12(14)9-17-10-15(19)18-11-5-7-21-8-6-11/h2-4,11,17H,5-10H2,1H3,(H,18,19). The van der Waals surface area contributed by atoms with Crippen LogP contribution < -0.4 is 15.4 Å². The van der Waals surface area contributed by atoms with E-state index in [2.05, 4.69) is 10.6 Å². The summed E-state index contributed by atoms with van der Waals surface area (Å²) in [6.07, 6.45) is 1.76. The van der Waals surface area contributed by atoms with Gasteiger partial charge in [-0.1, -0.05) is 17.7 Å². The Bertz CT molecular complexity index is 476. The topological polar surface area (TPSA) is 59.6 Å². The molecule has 1 aromatic carbocycles. The molecular formula is C15H21ClN2O3. The fourth-order valence-corrected chi connectivity index (χ4v) is 2.56. The lowest BCUT2D eigenvalue weighted by atomic mass is 10.1. The Morgan fingerprint density at radius 3 is 2.90 bits per heavy atom. The van der Waals surface area contributed by atoms with E-state index in [1.807, 2.05) is 18.2 Å². The molecule has 1 aliphatic heterocycles. The third-order valence-electron chi connectivity index (χ3n) is 3.47. The molecule has 0 aromatic heterocycles. The summed E-state index contributed by atoms with van der Waals surface area (Å²) in [6, 6.07) is 5.72. The van der Waals surface area contributed by atoms with E-state index in [1.165, 1.54) is 0 Å². The van der Waals surface area contributed by atoms with Gasteiger partial charge >= 0.3 is 0 Å². The number of nitrogens with one attached hydrogen (secondary N) is 2. The maximum atomic E-state index is 11.9. The number of benzene rings is 1. The first-order valence-corrected chi connectivity index (χ1v) is 7.47. The summed E-state index contributed by atoms with van der Waals surface area (Å²) in [5.74, 6) is 0.716. The summed E-state index contributed by atoms with van der Waals surface area (Å²) in [4.78, 5) is 11.9. The highest BCUT2D eigenvalue weighted by Gasteiger charge is 2.16. The zero-order valence-electron chi connectivity index (χ0n) is 12.2. The van der Waals surface area contributed by atoms with Crippen molar-refractivity contribution in [3.05, 3.63) is 28.8 Å². The van der Waals surface area contributed by atoms with Crippen LogP contribution in [-0.4, -0.2) is 38.8 Å². The number of methoxy groups -OCH3 is 1. The number of halogens is 1. The van der Waals surface area contributed by atoms with Gasteiger partial charge in [0.1, 0.15) is 5.75 Å². The highest BCUT2D eigenvalue weighted by molar-refractivity contribution is 6.31. The lowest BCUT2D eigenvalue weighted by Gasteiger charge is -2.23. The highest BCUT2D eigenvalue weighted by Crippen LogP contribution is 2.25. The molecule has 1 amide bonds. The molecule has 1 heterocycles. The Kier molecular flexibility index (Phi) is 6.29. The minimum atomic E-state index is -0.00656. The molecule has 0 aliphatic carbocycles. The van der Waals surface area contributed by atoms with Crippen LogP contribution in [0.5, 0.6) is 5.75 Å². The van der Waals surface area contributed by atoms with E-state index in [1.54, 1.807) is 7.11 Å². The summed E-state index contributed by atoms with van der Waals surface area (Å²) in [5.41, 5.74) is 0.862. The Morgan fingerprint density at radius 2 is 2.19 bits per heavy atom. The van der Waals surface area contributed by atoms with Crippen molar-refractivity contribution in [1.82, 2.24) is 10.6 Å². The number of hydrogen-bond donors (Lipinski definition) is 2. The van der Waals surface area contributed by atoms with Crippen LogP contribution in [0.1, 0.15) is 18.4 Å².